The van der Waals surface area contributed by atoms with E-state index >= 15 is 0 Å². The molecule has 1 aromatic heterocycles. The molecule has 8 heteroatoms. The van der Waals surface area contributed by atoms with E-state index in [0.717, 1.165) is 5.56 Å². The van der Waals surface area contributed by atoms with Crippen LogP contribution in [0.25, 0.3) is 0 Å². The molecule has 0 aliphatic carbocycles. The molecule has 0 saturated heterocycles. The van der Waals surface area contributed by atoms with Crippen molar-refractivity contribution in [2.24, 2.45) is 7.05 Å². The number of hydrogen-bond acceptors (Lipinski definition) is 5. The number of aryl methyl sites for hydroxylation is 2. The zero-order valence-corrected chi connectivity index (χ0v) is 12.7. The molecule has 0 bridgehead atoms. The minimum absolute atomic E-state index is 0.0848. The standard InChI is InChI=1S/C12H14ClN5OS/c1-8-3-4-10(9(13)7-8)14-11(19)5-6-20-12-15-16-17-18(12)2/h3-4,7H,5-6H2,1-2H3,(H,14,19). The molecule has 1 N–H and O–H groups in total. The quantitative estimate of drug-likeness (QED) is 0.858. The van der Waals surface area contributed by atoms with Crippen molar-refractivity contribution < 1.29 is 4.79 Å². The maximum atomic E-state index is 11.8. The highest BCUT2D eigenvalue weighted by Crippen LogP contribution is 2.23. The van der Waals surface area contributed by atoms with Crippen LogP contribution >= 0.6 is 23.4 Å². The van der Waals surface area contributed by atoms with Crippen molar-refractivity contribution in [2.45, 2.75) is 18.5 Å². The molecule has 1 amide bonds. The Bertz CT molecular complexity index is 616. The Morgan fingerprint density at radius 3 is 2.95 bits per heavy atom. The smallest absolute Gasteiger partial charge is 0.225 e. The second kappa shape index (κ2) is 6.71. The van der Waals surface area contributed by atoms with Crippen LogP contribution in [-0.2, 0) is 11.8 Å². The molecule has 0 aliphatic rings. The van der Waals surface area contributed by atoms with Crippen LogP contribution in [0.5, 0.6) is 0 Å². The minimum Gasteiger partial charge on any atom is -0.325 e. The van der Waals surface area contributed by atoms with Gasteiger partial charge in [-0.15, -0.1) is 5.10 Å². The van der Waals surface area contributed by atoms with E-state index in [1.54, 1.807) is 17.8 Å². The van der Waals surface area contributed by atoms with Crippen LogP contribution in [0.1, 0.15) is 12.0 Å². The van der Waals surface area contributed by atoms with Crippen molar-refractivity contribution in [3.8, 4) is 0 Å². The molecule has 0 atom stereocenters. The summed E-state index contributed by atoms with van der Waals surface area (Å²) in [6, 6.07) is 5.52. The Morgan fingerprint density at radius 2 is 2.30 bits per heavy atom. The molecule has 0 aliphatic heterocycles. The number of carbonyl (C=O) groups is 1. The Balaban J connectivity index is 1.82. The zero-order chi connectivity index (χ0) is 14.5. The van der Waals surface area contributed by atoms with Crippen LogP contribution < -0.4 is 5.32 Å². The van der Waals surface area contributed by atoms with E-state index in [1.807, 2.05) is 19.1 Å². The lowest BCUT2D eigenvalue weighted by molar-refractivity contribution is -0.115. The summed E-state index contributed by atoms with van der Waals surface area (Å²) in [6.07, 6.45) is 0.363. The van der Waals surface area contributed by atoms with Crippen LogP contribution in [0.15, 0.2) is 23.4 Å². The molecular weight excluding hydrogens is 298 g/mol. The Morgan fingerprint density at radius 1 is 1.50 bits per heavy atom. The largest absolute Gasteiger partial charge is 0.325 e. The zero-order valence-electron chi connectivity index (χ0n) is 11.1. The fraction of sp³-hybridized carbons (Fsp3) is 0.333. The average Bonchev–Trinajstić information content (AvgIpc) is 2.79. The minimum atomic E-state index is -0.0848. The number of rotatable bonds is 5. The second-order valence-electron chi connectivity index (χ2n) is 4.22. The molecule has 106 valence electrons. The fourth-order valence-corrected chi connectivity index (χ4v) is 2.58. The van der Waals surface area contributed by atoms with Gasteiger partial charge in [0.2, 0.25) is 11.1 Å². The molecule has 0 radical (unpaired) electrons. The van der Waals surface area contributed by atoms with Crippen molar-refractivity contribution in [3.05, 3.63) is 28.8 Å². The van der Waals surface area contributed by atoms with Gasteiger partial charge in [-0.2, -0.15) is 0 Å². The molecule has 1 heterocycles. The predicted molar refractivity (Wildman–Crippen MR) is 79.0 cm³/mol. The highest BCUT2D eigenvalue weighted by molar-refractivity contribution is 7.99. The van der Waals surface area contributed by atoms with Gasteiger partial charge in [-0.05, 0) is 35.0 Å². The van der Waals surface area contributed by atoms with Crippen LogP contribution in [0.4, 0.5) is 5.69 Å². The first-order chi connectivity index (χ1) is 9.56. The summed E-state index contributed by atoms with van der Waals surface area (Å²) < 4.78 is 1.57. The van der Waals surface area contributed by atoms with Crippen molar-refractivity contribution in [3.63, 3.8) is 0 Å². The summed E-state index contributed by atoms with van der Waals surface area (Å²) in [4.78, 5) is 11.8. The molecule has 0 unspecified atom stereocenters. The van der Waals surface area contributed by atoms with Crippen LogP contribution in [0.3, 0.4) is 0 Å². The Kier molecular flexibility index (Phi) is 4.97. The summed E-state index contributed by atoms with van der Waals surface area (Å²) in [5.41, 5.74) is 1.69. The number of thioether (sulfide) groups is 1. The first kappa shape index (κ1) is 14.8. The third-order valence-electron chi connectivity index (χ3n) is 2.54. The molecule has 2 aromatic rings. The molecule has 6 nitrogen and oxygen atoms in total. The number of hydrogen-bond donors (Lipinski definition) is 1. The van der Waals surface area contributed by atoms with Crippen molar-refractivity contribution >= 4 is 35.0 Å². The van der Waals surface area contributed by atoms with Gasteiger partial charge in [0.15, 0.2) is 0 Å². The van der Waals surface area contributed by atoms with Crippen LogP contribution in [0.2, 0.25) is 5.02 Å². The molecule has 0 fully saturated rings. The number of carbonyl (C=O) groups excluding carboxylic acids is 1. The monoisotopic (exact) mass is 311 g/mol. The number of tetrazole rings is 1. The van der Waals surface area contributed by atoms with Gasteiger partial charge in [-0.3, -0.25) is 4.79 Å². The van der Waals surface area contributed by atoms with E-state index in [1.165, 1.54) is 11.8 Å². The normalized spacial score (nSPS) is 10.6. The summed E-state index contributed by atoms with van der Waals surface area (Å²) in [6.45, 7) is 1.95. The molecule has 2 rings (SSSR count). The van der Waals surface area contributed by atoms with E-state index in [-0.39, 0.29) is 5.91 Å². The maximum Gasteiger partial charge on any atom is 0.225 e. The van der Waals surface area contributed by atoms with E-state index in [2.05, 4.69) is 20.8 Å². The maximum absolute atomic E-state index is 11.8. The number of amides is 1. The number of anilines is 1. The second-order valence-corrected chi connectivity index (χ2v) is 5.68. The highest BCUT2D eigenvalue weighted by atomic mass is 35.5. The van der Waals surface area contributed by atoms with E-state index in [9.17, 15) is 4.79 Å². The molecule has 20 heavy (non-hydrogen) atoms. The van der Waals surface area contributed by atoms with Crippen molar-refractivity contribution in [2.75, 3.05) is 11.1 Å². The third kappa shape index (κ3) is 3.94. The predicted octanol–water partition coefficient (Wildman–Crippen LogP) is 2.29. The van der Waals surface area contributed by atoms with Gasteiger partial charge >= 0.3 is 0 Å². The summed E-state index contributed by atoms with van der Waals surface area (Å²) >= 11 is 7.49. The van der Waals surface area contributed by atoms with Crippen LogP contribution in [0, 0.1) is 6.92 Å². The summed E-state index contributed by atoms with van der Waals surface area (Å²) in [5, 5.41) is 15.1. The van der Waals surface area contributed by atoms with Gasteiger partial charge in [-0.25, -0.2) is 4.68 Å². The van der Waals surface area contributed by atoms with Crippen molar-refractivity contribution in [1.82, 2.24) is 20.2 Å². The molecule has 0 saturated carbocycles. The molecular formula is C12H14ClN5OS. The van der Waals surface area contributed by atoms with E-state index < -0.39 is 0 Å². The number of benzene rings is 1. The topological polar surface area (TPSA) is 72.7 Å². The van der Waals surface area contributed by atoms with Gasteiger partial charge in [0, 0.05) is 19.2 Å². The third-order valence-corrected chi connectivity index (χ3v) is 3.87. The number of nitrogens with one attached hydrogen (secondary N) is 1. The lowest BCUT2D eigenvalue weighted by atomic mass is 10.2. The molecule has 1 aromatic carbocycles. The van der Waals surface area contributed by atoms with Gasteiger partial charge in [0.25, 0.3) is 0 Å². The fourth-order valence-electron chi connectivity index (χ4n) is 1.51. The number of halogens is 1. The van der Waals surface area contributed by atoms with E-state index in [0.29, 0.717) is 28.0 Å². The van der Waals surface area contributed by atoms with Crippen LogP contribution in [-0.4, -0.2) is 31.9 Å². The number of nitrogens with zero attached hydrogens (tertiary/aromatic N) is 4. The van der Waals surface area contributed by atoms with Crippen molar-refractivity contribution in [1.29, 1.82) is 0 Å². The lowest BCUT2D eigenvalue weighted by Gasteiger charge is -2.07. The van der Waals surface area contributed by atoms with Gasteiger partial charge in [0.1, 0.15) is 0 Å². The van der Waals surface area contributed by atoms with Gasteiger partial charge in [0.05, 0.1) is 10.7 Å². The SMILES string of the molecule is Cc1ccc(NC(=O)CCSc2nnnn2C)c(Cl)c1. The summed E-state index contributed by atoms with van der Waals surface area (Å²) in [5.74, 6) is 0.516. The first-order valence-electron chi connectivity index (χ1n) is 5.97. The average molecular weight is 312 g/mol. The van der Waals surface area contributed by atoms with E-state index in [4.69, 9.17) is 11.6 Å². The van der Waals surface area contributed by atoms with Gasteiger partial charge in [-0.1, -0.05) is 29.4 Å². The molecule has 0 spiro atoms. The Hall–Kier alpha value is -1.60. The Labute approximate surface area is 125 Å². The lowest BCUT2D eigenvalue weighted by Crippen LogP contribution is -2.12. The summed E-state index contributed by atoms with van der Waals surface area (Å²) in [7, 11) is 1.76. The first-order valence-corrected chi connectivity index (χ1v) is 7.34. The van der Waals surface area contributed by atoms with Gasteiger partial charge < -0.3 is 5.32 Å². The highest BCUT2D eigenvalue weighted by Gasteiger charge is 2.08. The number of aromatic nitrogens is 4.